The average molecular weight is 471 g/mol. The number of anilines is 2. The lowest BCUT2D eigenvalue weighted by Gasteiger charge is -2.28. The van der Waals surface area contributed by atoms with Gasteiger partial charge in [0.2, 0.25) is 0 Å². The largest absolute Gasteiger partial charge is 0.507 e. The number of carbonyl (C=O) groups excluding carboxylic acids is 2. The Hall–Kier alpha value is -4.26. The third-order valence-corrected chi connectivity index (χ3v) is 6.56. The zero-order chi connectivity index (χ0) is 24.7. The SMILES string of the molecule is COc1cccc(C2/C(=C(/O)c3ccc4c(c3)N(C)CCO4)C(=O)C(=O)N2c2ccccc2C)c1. The molecule has 2 aliphatic rings. The van der Waals surface area contributed by atoms with E-state index in [1.165, 1.54) is 4.90 Å². The molecule has 1 unspecified atom stereocenters. The van der Waals surface area contributed by atoms with Crippen LogP contribution in [0.3, 0.4) is 0 Å². The molecular weight excluding hydrogens is 444 g/mol. The molecule has 7 nitrogen and oxygen atoms in total. The predicted octanol–water partition coefficient (Wildman–Crippen LogP) is 4.46. The number of carbonyl (C=O) groups is 2. The number of aryl methyl sites for hydroxylation is 1. The molecule has 178 valence electrons. The summed E-state index contributed by atoms with van der Waals surface area (Å²) >= 11 is 0. The standard InChI is InChI=1S/C28H26N2O5/c1-17-7-4-5-10-21(17)30-25(18-8-6-9-20(15-18)34-3)24(27(32)28(30)33)26(31)19-11-12-23-22(16-19)29(2)13-14-35-23/h4-12,15-16,25,31H,13-14H2,1-3H3/b26-24-. The van der Waals surface area contributed by atoms with Crippen LogP contribution in [0, 0.1) is 6.92 Å². The molecule has 0 radical (unpaired) electrons. The Kier molecular flexibility index (Phi) is 5.68. The van der Waals surface area contributed by atoms with Crippen LogP contribution in [-0.2, 0) is 9.59 Å². The van der Waals surface area contributed by atoms with Crippen LogP contribution < -0.4 is 19.3 Å². The highest BCUT2D eigenvalue weighted by Gasteiger charge is 2.47. The van der Waals surface area contributed by atoms with Gasteiger partial charge < -0.3 is 19.5 Å². The van der Waals surface area contributed by atoms with E-state index in [0.29, 0.717) is 41.5 Å². The maximum atomic E-state index is 13.4. The molecule has 0 bridgehead atoms. The van der Waals surface area contributed by atoms with E-state index in [1.807, 2.05) is 43.1 Å². The second-order valence-electron chi connectivity index (χ2n) is 8.68. The number of benzene rings is 3. The molecule has 35 heavy (non-hydrogen) atoms. The molecule has 5 rings (SSSR count). The first-order valence-electron chi connectivity index (χ1n) is 11.4. The molecule has 7 heteroatoms. The van der Waals surface area contributed by atoms with E-state index in [2.05, 4.69) is 0 Å². The number of methoxy groups -OCH3 is 1. The number of rotatable bonds is 4. The van der Waals surface area contributed by atoms with E-state index in [9.17, 15) is 14.7 Å². The number of hydrogen-bond donors (Lipinski definition) is 1. The van der Waals surface area contributed by atoms with Gasteiger partial charge in [0.05, 0.1) is 31.0 Å². The third-order valence-electron chi connectivity index (χ3n) is 6.56. The highest BCUT2D eigenvalue weighted by Crippen LogP contribution is 2.44. The van der Waals surface area contributed by atoms with Crippen molar-refractivity contribution in [2.24, 2.45) is 0 Å². The fourth-order valence-electron chi connectivity index (χ4n) is 4.70. The Balaban J connectivity index is 1.72. The summed E-state index contributed by atoms with van der Waals surface area (Å²) in [6.45, 7) is 3.17. The van der Waals surface area contributed by atoms with Gasteiger partial charge in [-0.3, -0.25) is 14.5 Å². The van der Waals surface area contributed by atoms with Gasteiger partial charge in [0, 0.05) is 18.3 Å². The highest BCUT2D eigenvalue weighted by molar-refractivity contribution is 6.51. The number of likely N-dealkylation sites (N-methyl/N-ethyl adjacent to an activating group) is 1. The van der Waals surface area contributed by atoms with Crippen molar-refractivity contribution in [2.75, 3.05) is 37.1 Å². The van der Waals surface area contributed by atoms with E-state index in [4.69, 9.17) is 9.47 Å². The minimum absolute atomic E-state index is 0.0332. The lowest BCUT2D eigenvalue weighted by atomic mass is 9.94. The van der Waals surface area contributed by atoms with Gasteiger partial charge in [-0.15, -0.1) is 0 Å². The maximum Gasteiger partial charge on any atom is 0.300 e. The lowest BCUT2D eigenvalue weighted by molar-refractivity contribution is -0.132. The number of hydrogen-bond acceptors (Lipinski definition) is 6. The molecule has 3 aromatic carbocycles. The molecule has 1 amide bonds. The van der Waals surface area contributed by atoms with E-state index < -0.39 is 17.7 Å². The number of Topliss-reactive ketones (excluding diaryl/α,β-unsaturated/α-hetero) is 1. The molecule has 2 aliphatic heterocycles. The van der Waals surface area contributed by atoms with Gasteiger partial charge in [-0.05, 0) is 54.4 Å². The van der Waals surface area contributed by atoms with Crippen LogP contribution in [0.1, 0.15) is 22.7 Å². The van der Waals surface area contributed by atoms with Crippen molar-refractivity contribution in [1.82, 2.24) is 0 Å². The Bertz CT molecular complexity index is 1360. The van der Waals surface area contributed by atoms with Crippen molar-refractivity contribution in [3.63, 3.8) is 0 Å². The van der Waals surface area contributed by atoms with Crippen molar-refractivity contribution in [3.05, 3.63) is 89.0 Å². The van der Waals surface area contributed by atoms with Gasteiger partial charge in [-0.2, -0.15) is 0 Å². The number of nitrogens with zero attached hydrogens (tertiary/aromatic N) is 2. The monoisotopic (exact) mass is 470 g/mol. The molecule has 1 saturated heterocycles. The van der Waals surface area contributed by atoms with Crippen molar-refractivity contribution in [1.29, 1.82) is 0 Å². The Morgan fingerprint density at radius 2 is 1.83 bits per heavy atom. The number of aliphatic hydroxyl groups excluding tert-OH is 1. The van der Waals surface area contributed by atoms with Crippen LogP contribution in [-0.4, -0.2) is 44.1 Å². The maximum absolute atomic E-state index is 13.4. The van der Waals surface area contributed by atoms with Crippen LogP contribution in [0.5, 0.6) is 11.5 Å². The molecule has 1 N–H and O–H groups in total. The molecule has 3 aromatic rings. The zero-order valence-corrected chi connectivity index (χ0v) is 19.8. The Morgan fingerprint density at radius 3 is 2.60 bits per heavy atom. The number of aliphatic hydroxyl groups is 1. The van der Waals surface area contributed by atoms with Crippen molar-refractivity contribution >= 4 is 28.8 Å². The highest BCUT2D eigenvalue weighted by atomic mass is 16.5. The van der Waals surface area contributed by atoms with Crippen LogP contribution >= 0.6 is 0 Å². The predicted molar refractivity (Wildman–Crippen MR) is 134 cm³/mol. The van der Waals surface area contributed by atoms with Crippen molar-refractivity contribution < 1.29 is 24.2 Å². The first-order valence-corrected chi connectivity index (χ1v) is 11.4. The van der Waals surface area contributed by atoms with E-state index in [1.54, 1.807) is 49.6 Å². The van der Waals surface area contributed by atoms with E-state index in [0.717, 1.165) is 11.3 Å². The topological polar surface area (TPSA) is 79.3 Å². The van der Waals surface area contributed by atoms with Gasteiger partial charge in [0.15, 0.2) is 0 Å². The summed E-state index contributed by atoms with van der Waals surface area (Å²) in [6, 6.07) is 19.0. The fraction of sp³-hybridized carbons (Fsp3) is 0.214. The van der Waals surface area contributed by atoms with Gasteiger partial charge in [-0.1, -0.05) is 30.3 Å². The molecule has 0 aliphatic carbocycles. The number of ether oxygens (including phenoxy) is 2. The summed E-state index contributed by atoms with van der Waals surface area (Å²) in [7, 11) is 3.50. The number of fused-ring (bicyclic) bond motifs is 1. The van der Waals surface area contributed by atoms with E-state index in [-0.39, 0.29) is 11.3 Å². The molecule has 0 spiro atoms. The first-order chi connectivity index (χ1) is 16.9. The van der Waals surface area contributed by atoms with Gasteiger partial charge in [0.25, 0.3) is 11.7 Å². The minimum Gasteiger partial charge on any atom is -0.507 e. The Morgan fingerprint density at radius 1 is 1.03 bits per heavy atom. The van der Waals surface area contributed by atoms with Crippen LogP contribution in [0.15, 0.2) is 72.3 Å². The summed E-state index contributed by atoms with van der Waals surface area (Å²) in [4.78, 5) is 30.3. The summed E-state index contributed by atoms with van der Waals surface area (Å²) in [5.41, 5.74) is 3.40. The summed E-state index contributed by atoms with van der Waals surface area (Å²) in [6.07, 6.45) is 0. The quantitative estimate of drug-likeness (QED) is 0.345. The van der Waals surface area contributed by atoms with Crippen LogP contribution in [0.2, 0.25) is 0 Å². The summed E-state index contributed by atoms with van der Waals surface area (Å²) in [5.74, 6) is -0.354. The van der Waals surface area contributed by atoms with Crippen LogP contribution in [0.25, 0.3) is 5.76 Å². The molecule has 1 atom stereocenters. The second-order valence-corrected chi connectivity index (χ2v) is 8.68. The molecular formula is C28H26N2O5. The summed E-state index contributed by atoms with van der Waals surface area (Å²) < 4.78 is 11.1. The van der Waals surface area contributed by atoms with Gasteiger partial charge >= 0.3 is 0 Å². The molecule has 2 heterocycles. The Labute approximate surface area is 203 Å². The van der Waals surface area contributed by atoms with Crippen LogP contribution in [0.4, 0.5) is 11.4 Å². The average Bonchev–Trinajstić information content (AvgIpc) is 3.14. The number of para-hydroxylation sites is 1. The minimum atomic E-state index is -0.823. The third kappa shape index (κ3) is 3.79. The molecule has 0 saturated carbocycles. The van der Waals surface area contributed by atoms with Crippen molar-refractivity contribution in [3.8, 4) is 11.5 Å². The first kappa shape index (κ1) is 22.5. The van der Waals surface area contributed by atoms with E-state index >= 15 is 0 Å². The van der Waals surface area contributed by atoms with Gasteiger partial charge in [-0.25, -0.2) is 0 Å². The lowest BCUT2D eigenvalue weighted by Crippen LogP contribution is -2.30. The normalized spacial score (nSPS) is 18.9. The molecule has 1 fully saturated rings. The number of amides is 1. The smallest absolute Gasteiger partial charge is 0.300 e. The number of ketones is 1. The van der Waals surface area contributed by atoms with Crippen molar-refractivity contribution in [2.45, 2.75) is 13.0 Å². The zero-order valence-electron chi connectivity index (χ0n) is 19.8. The molecule has 0 aromatic heterocycles. The fourth-order valence-corrected chi connectivity index (χ4v) is 4.70. The second kappa shape index (κ2) is 8.83. The summed E-state index contributed by atoms with van der Waals surface area (Å²) in [5, 5.41) is 11.5. The van der Waals surface area contributed by atoms with Gasteiger partial charge in [0.1, 0.15) is 23.9 Å².